The fraction of sp³-hybridized carbons (Fsp3) is 0.417. The van der Waals surface area contributed by atoms with E-state index in [9.17, 15) is 9.00 Å². The number of benzene rings is 1. The molecule has 1 aromatic rings. The van der Waals surface area contributed by atoms with E-state index in [4.69, 9.17) is 4.74 Å². The quantitative estimate of drug-likeness (QED) is 0.499. The minimum Gasteiger partial charge on any atom is -0.427 e. The third-order valence-corrected chi connectivity index (χ3v) is 3.69. The molecule has 0 saturated carbocycles. The summed E-state index contributed by atoms with van der Waals surface area (Å²) in [7, 11) is -2.23. The second-order valence-corrected chi connectivity index (χ2v) is 7.29. The van der Waals surface area contributed by atoms with Gasteiger partial charge in [0.1, 0.15) is 5.75 Å². The fourth-order valence-corrected chi connectivity index (χ4v) is 2.13. The van der Waals surface area contributed by atoms with E-state index in [-0.39, 0.29) is 5.97 Å². The highest BCUT2D eigenvalue weighted by Crippen LogP contribution is 2.18. The Morgan fingerprint density at radius 3 is 2.25 bits per heavy atom. The Morgan fingerprint density at radius 1 is 1.25 bits per heavy atom. The number of ether oxygens (including phenoxy) is 1. The minimum absolute atomic E-state index is 0.230. The highest BCUT2D eigenvalue weighted by molar-refractivity contribution is 8.01. The van der Waals surface area contributed by atoms with Crippen LogP contribution in [0.3, 0.4) is 0 Å². The van der Waals surface area contributed by atoms with Crippen molar-refractivity contribution in [1.82, 2.24) is 0 Å². The van der Waals surface area contributed by atoms with Crippen molar-refractivity contribution in [3.8, 4) is 5.75 Å². The first-order valence-corrected chi connectivity index (χ1v) is 7.90. The molecular formula is C12H18O3S. The summed E-state index contributed by atoms with van der Waals surface area (Å²) in [4.78, 5) is 12.0. The first kappa shape index (κ1) is 12.9. The topological polar surface area (TPSA) is 43.4 Å². The highest BCUT2D eigenvalue weighted by atomic mass is 32.2. The Labute approximate surface area is 97.2 Å². The van der Waals surface area contributed by atoms with Crippen molar-refractivity contribution in [2.45, 2.75) is 24.7 Å². The van der Waals surface area contributed by atoms with E-state index < -0.39 is 9.93 Å². The second-order valence-electron chi connectivity index (χ2n) is 4.07. The van der Waals surface area contributed by atoms with Gasteiger partial charge in [-0.25, -0.2) is 0 Å². The SMILES string of the molecule is CCCC(=O)Oc1ccc([SH](C)(C)=O)cc1. The lowest BCUT2D eigenvalue weighted by Gasteiger charge is -2.12. The zero-order chi connectivity index (χ0) is 12.2. The van der Waals surface area contributed by atoms with Crippen LogP contribution in [-0.2, 0) is 14.7 Å². The van der Waals surface area contributed by atoms with E-state index in [1.54, 1.807) is 36.8 Å². The number of esters is 1. The molecule has 0 radical (unpaired) electrons. The normalized spacial score (nSPS) is 12.2. The molecule has 0 bridgehead atoms. The first-order chi connectivity index (χ1) is 7.43. The van der Waals surface area contributed by atoms with E-state index in [0.717, 1.165) is 11.3 Å². The summed E-state index contributed by atoms with van der Waals surface area (Å²) in [5.41, 5.74) is 0. The molecule has 0 atom stereocenters. The molecule has 0 aliphatic rings. The molecule has 0 unspecified atom stereocenters. The van der Waals surface area contributed by atoms with Gasteiger partial charge < -0.3 is 4.74 Å². The lowest BCUT2D eigenvalue weighted by atomic mass is 10.3. The summed E-state index contributed by atoms with van der Waals surface area (Å²) in [6.07, 6.45) is 4.62. The number of carbonyl (C=O) groups is 1. The predicted octanol–water partition coefficient (Wildman–Crippen LogP) is 2.03. The maximum Gasteiger partial charge on any atom is 0.311 e. The number of thiol groups is 1. The Morgan fingerprint density at radius 2 is 1.81 bits per heavy atom. The van der Waals surface area contributed by atoms with Crippen molar-refractivity contribution in [3.05, 3.63) is 24.3 Å². The van der Waals surface area contributed by atoms with Gasteiger partial charge in [0.15, 0.2) is 0 Å². The monoisotopic (exact) mass is 242 g/mol. The molecule has 0 amide bonds. The molecule has 0 heterocycles. The molecule has 0 aliphatic heterocycles. The maximum absolute atomic E-state index is 11.7. The Bertz CT molecular complexity index is 403. The maximum atomic E-state index is 11.7. The van der Waals surface area contributed by atoms with E-state index in [2.05, 4.69) is 0 Å². The van der Waals surface area contributed by atoms with Crippen molar-refractivity contribution in [2.75, 3.05) is 12.5 Å². The van der Waals surface area contributed by atoms with Crippen LogP contribution in [0.1, 0.15) is 19.8 Å². The van der Waals surface area contributed by atoms with Gasteiger partial charge in [-0.3, -0.25) is 9.00 Å². The summed E-state index contributed by atoms with van der Waals surface area (Å²) < 4.78 is 16.8. The van der Waals surface area contributed by atoms with Crippen LogP contribution >= 0.6 is 0 Å². The molecule has 90 valence electrons. The summed E-state index contributed by atoms with van der Waals surface area (Å²) in [5.74, 6) is 0.280. The van der Waals surface area contributed by atoms with Crippen LogP contribution in [0.25, 0.3) is 0 Å². The molecular weight excluding hydrogens is 224 g/mol. The molecule has 1 rings (SSSR count). The van der Waals surface area contributed by atoms with Crippen LogP contribution in [0, 0.1) is 0 Å². The number of hydrogen-bond acceptors (Lipinski definition) is 3. The van der Waals surface area contributed by atoms with Crippen LogP contribution in [0.2, 0.25) is 0 Å². The predicted molar refractivity (Wildman–Crippen MR) is 66.6 cm³/mol. The lowest BCUT2D eigenvalue weighted by molar-refractivity contribution is -0.134. The largest absolute Gasteiger partial charge is 0.427 e. The standard InChI is InChI=1S/C12H18O3S/c1-4-5-12(13)15-10-6-8-11(9-7-10)16(2,3)14/h6-9,16H,4-5H2,1-3H3. The molecule has 1 aromatic carbocycles. The Hall–Kier alpha value is -1.16. The van der Waals surface area contributed by atoms with Gasteiger partial charge in [-0.15, -0.1) is 0 Å². The van der Waals surface area contributed by atoms with Crippen molar-refractivity contribution in [3.63, 3.8) is 0 Å². The van der Waals surface area contributed by atoms with E-state index in [0.29, 0.717) is 12.2 Å². The van der Waals surface area contributed by atoms with Crippen molar-refractivity contribution < 1.29 is 13.7 Å². The first-order valence-electron chi connectivity index (χ1n) is 5.30. The summed E-state index contributed by atoms with van der Waals surface area (Å²) >= 11 is 0. The van der Waals surface area contributed by atoms with E-state index in [1.807, 2.05) is 6.92 Å². The van der Waals surface area contributed by atoms with Gasteiger partial charge in [-0.2, -0.15) is 0 Å². The van der Waals surface area contributed by atoms with Crippen LogP contribution in [0.4, 0.5) is 0 Å². The average Bonchev–Trinajstić information content (AvgIpc) is 2.17. The van der Waals surface area contributed by atoms with E-state index >= 15 is 0 Å². The van der Waals surface area contributed by atoms with Gasteiger partial charge in [0.05, 0.1) is 0 Å². The summed E-state index contributed by atoms with van der Waals surface area (Å²) in [5, 5.41) is 0. The van der Waals surface area contributed by atoms with Gasteiger partial charge in [-0.05, 0) is 43.2 Å². The molecule has 0 aliphatic carbocycles. The molecule has 4 heteroatoms. The molecule has 3 nitrogen and oxygen atoms in total. The van der Waals surface area contributed by atoms with Crippen molar-refractivity contribution in [2.24, 2.45) is 0 Å². The van der Waals surface area contributed by atoms with Crippen molar-refractivity contribution in [1.29, 1.82) is 0 Å². The smallest absolute Gasteiger partial charge is 0.311 e. The van der Waals surface area contributed by atoms with Crippen molar-refractivity contribution >= 4 is 15.9 Å². The van der Waals surface area contributed by atoms with Gasteiger partial charge in [0.25, 0.3) is 0 Å². The third-order valence-electron chi connectivity index (χ3n) is 2.14. The number of hydrogen-bond donors (Lipinski definition) is 1. The number of rotatable bonds is 4. The van der Waals surface area contributed by atoms with Gasteiger partial charge in [0, 0.05) is 11.3 Å². The highest BCUT2D eigenvalue weighted by Gasteiger charge is 2.06. The van der Waals surface area contributed by atoms with Gasteiger partial charge >= 0.3 is 5.97 Å². The third kappa shape index (κ3) is 3.77. The zero-order valence-corrected chi connectivity index (χ0v) is 10.8. The second kappa shape index (κ2) is 5.25. The molecule has 0 N–H and O–H groups in total. The Kier molecular flexibility index (Phi) is 4.24. The zero-order valence-electron chi connectivity index (χ0n) is 9.90. The molecule has 16 heavy (non-hydrogen) atoms. The van der Waals surface area contributed by atoms with Gasteiger partial charge in [-0.1, -0.05) is 16.9 Å². The van der Waals surface area contributed by atoms with Crippen LogP contribution in [-0.4, -0.2) is 22.7 Å². The Balaban J connectivity index is 2.72. The summed E-state index contributed by atoms with van der Waals surface area (Å²) in [6.45, 7) is 1.93. The summed E-state index contributed by atoms with van der Waals surface area (Å²) in [6, 6.07) is 6.86. The van der Waals surface area contributed by atoms with E-state index in [1.165, 1.54) is 0 Å². The van der Waals surface area contributed by atoms with Crippen LogP contribution < -0.4 is 4.74 Å². The van der Waals surface area contributed by atoms with Crippen LogP contribution in [0.5, 0.6) is 5.75 Å². The van der Waals surface area contributed by atoms with Crippen LogP contribution in [0.15, 0.2) is 29.2 Å². The van der Waals surface area contributed by atoms with Gasteiger partial charge in [0.2, 0.25) is 0 Å². The molecule has 0 fully saturated rings. The average molecular weight is 242 g/mol. The molecule has 0 saturated heterocycles. The fourth-order valence-electron chi connectivity index (χ4n) is 1.26. The lowest BCUT2D eigenvalue weighted by Crippen LogP contribution is -2.08. The number of carbonyl (C=O) groups excluding carboxylic acids is 1. The molecule has 0 spiro atoms. The minimum atomic E-state index is -2.23. The molecule has 0 aromatic heterocycles.